The van der Waals surface area contributed by atoms with E-state index in [1.165, 1.54) is 11.3 Å². The average molecular weight is 571 g/mol. The highest BCUT2D eigenvalue weighted by Crippen LogP contribution is 2.31. The third kappa shape index (κ3) is 6.25. The molecule has 8 nitrogen and oxygen atoms in total. The van der Waals surface area contributed by atoms with Gasteiger partial charge in [-0.1, -0.05) is 53.8 Å². The molecule has 9 heteroatoms. The summed E-state index contributed by atoms with van der Waals surface area (Å²) >= 11 is 1.28. The van der Waals surface area contributed by atoms with Crippen LogP contribution in [0, 0.1) is 0 Å². The van der Waals surface area contributed by atoms with Crippen LogP contribution in [0.2, 0.25) is 0 Å². The molecule has 0 amide bonds. The minimum atomic E-state index is -0.674. The van der Waals surface area contributed by atoms with Gasteiger partial charge < -0.3 is 18.9 Å². The van der Waals surface area contributed by atoms with Gasteiger partial charge in [-0.3, -0.25) is 9.36 Å². The summed E-state index contributed by atoms with van der Waals surface area (Å²) in [5.74, 6) is 1.69. The molecule has 0 fully saturated rings. The van der Waals surface area contributed by atoms with E-state index in [0.29, 0.717) is 45.3 Å². The third-order valence-corrected chi connectivity index (χ3v) is 7.47. The summed E-state index contributed by atoms with van der Waals surface area (Å²) in [6.07, 6.45) is 1.82. The molecule has 1 aliphatic heterocycles. The van der Waals surface area contributed by atoms with Crippen LogP contribution >= 0.6 is 11.3 Å². The number of hydrogen-bond donors (Lipinski definition) is 0. The van der Waals surface area contributed by atoms with Crippen molar-refractivity contribution in [3.63, 3.8) is 0 Å². The standard InChI is InChI=1S/C32H30N2O6S/c1-4-38-31(36)28-21(2)33-32-34(29(28)23-12-16-24(37-3)17-13-23)30(35)27(41-32)20-22-10-14-26(15-11-22)40-19-18-39-25-8-6-5-7-9-25/h5-17,20,29H,4,18-19H2,1-3H3/b27-20+/t29-/m0/s1. The zero-order valence-corrected chi connectivity index (χ0v) is 23.9. The Balaban J connectivity index is 1.41. The van der Waals surface area contributed by atoms with Crippen molar-refractivity contribution < 1.29 is 23.7 Å². The normalized spacial score (nSPS) is 14.7. The Morgan fingerprint density at radius 2 is 1.56 bits per heavy atom. The lowest BCUT2D eigenvalue weighted by molar-refractivity contribution is -0.139. The van der Waals surface area contributed by atoms with E-state index >= 15 is 0 Å². The van der Waals surface area contributed by atoms with Crippen LogP contribution in [0.3, 0.4) is 0 Å². The van der Waals surface area contributed by atoms with Gasteiger partial charge in [-0.15, -0.1) is 0 Å². The monoisotopic (exact) mass is 570 g/mol. The number of carbonyl (C=O) groups is 1. The van der Waals surface area contributed by atoms with Crippen molar-refractivity contribution in [1.82, 2.24) is 4.57 Å². The van der Waals surface area contributed by atoms with Crippen molar-refractivity contribution in [3.05, 3.63) is 121 Å². The minimum Gasteiger partial charge on any atom is -0.497 e. The molecule has 1 aliphatic rings. The molecular weight excluding hydrogens is 540 g/mol. The second-order valence-electron chi connectivity index (χ2n) is 9.15. The highest BCUT2D eigenvalue weighted by atomic mass is 32.1. The summed E-state index contributed by atoms with van der Waals surface area (Å²) in [4.78, 5) is 31.9. The van der Waals surface area contributed by atoms with E-state index in [0.717, 1.165) is 16.9 Å². The van der Waals surface area contributed by atoms with Gasteiger partial charge in [0, 0.05) is 0 Å². The molecule has 0 radical (unpaired) electrons. The Bertz CT molecular complexity index is 1720. The van der Waals surface area contributed by atoms with E-state index in [4.69, 9.17) is 18.9 Å². The van der Waals surface area contributed by atoms with Crippen molar-refractivity contribution in [3.8, 4) is 17.2 Å². The predicted molar refractivity (Wildman–Crippen MR) is 157 cm³/mol. The number of nitrogens with zero attached hydrogens (tertiary/aromatic N) is 2. The van der Waals surface area contributed by atoms with Crippen molar-refractivity contribution in [2.45, 2.75) is 19.9 Å². The molecule has 0 bridgehead atoms. The molecule has 0 saturated heterocycles. The summed E-state index contributed by atoms with van der Waals surface area (Å²) in [6.45, 7) is 4.56. The van der Waals surface area contributed by atoms with Crippen LogP contribution in [0.25, 0.3) is 6.08 Å². The fourth-order valence-corrected chi connectivity index (χ4v) is 5.59. The molecule has 1 atom stereocenters. The topological polar surface area (TPSA) is 88.4 Å². The Hall–Kier alpha value is -4.63. The van der Waals surface area contributed by atoms with Crippen LogP contribution in [0.15, 0.2) is 99.9 Å². The highest BCUT2D eigenvalue weighted by Gasteiger charge is 2.33. The molecule has 4 aromatic rings. The zero-order valence-electron chi connectivity index (χ0n) is 23.0. The molecular formula is C32H30N2O6S. The van der Waals surface area contributed by atoms with Crippen LogP contribution in [0.4, 0.5) is 0 Å². The maximum Gasteiger partial charge on any atom is 0.338 e. The maximum atomic E-state index is 13.8. The van der Waals surface area contributed by atoms with Gasteiger partial charge in [-0.05, 0) is 67.4 Å². The Morgan fingerprint density at radius 3 is 2.20 bits per heavy atom. The first-order valence-electron chi connectivity index (χ1n) is 13.2. The third-order valence-electron chi connectivity index (χ3n) is 6.49. The summed E-state index contributed by atoms with van der Waals surface area (Å²) in [7, 11) is 1.59. The lowest BCUT2D eigenvalue weighted by atomic mass is 9.96. The number of para-hydroxylation sites is 1. The lowest BCUT2D eigenvalue weighted by Crippen LogP contribution is -2.39. The average Bonchev–Trinajstić information content (AvgIpc) is 3.30. The smallest absolute Gasteiger partial charge is 0.338 e. The lowest BCUT2D eigenvalue weighted by Gasteiger charge is -2.24. The summed E-state index contributed by atoms with van der Waals surface area (Å²) in [5.41, 5.74) is 2.23. The van der Waals surface area contributed by atoms with E-state index < -0.39 is 12.0 Å². The van der Waals surface area contributed by atoms with Gasteiger partial charge in [-0.25, -0.2) is 9.79 Å². The number of aromatic nitrogens is 1. The van der Waals surface area contributed by atoms with Gasteiger partial charge >= 0.3 is 5.97 Å². The van der Waals surface area contributed by atoms with E-state index in [1.807, 2.05) is 72.8 Å². The number of carbonyl (C=O) groups excluding carboxylic acids is 1. The number of fused-ring (bicyclic) bond motifs is 1. The second-order valence-corrected chi connectivity index (χ2v) is 10.2. The Labute approximate surface area is 241 Å². The van der Waals surface area contributed by atoms with Crippen molar-refractivity contribution in [2.75, 3.05) is 26.9 Å². The Morgan fingerprint density at radius 1 is 0.927 bits per heavy atom. The molecule has 2 heterocycles. The quantitative estimate of drug-likeness (QED) is 0.209. The molecule has 5 rings (SSSR count). The van der Waals surface area contributed by atoms with Gasteiger partial charge in [0.25, 0.3) is 5.56 Å². The number of benzene rings is 3. The number of methoxy groups -OCH3 is 1. The molecule has 210 valence electrons. The number of esters is 1. The first-order chi connectivity index (χ1) is 20.0. The van der Waals surface area contributed by atoms with Crippen LogP contribution in [-0.2, 0) is 9.53 Å². The Kier molecular flexibility index (Phi) is 8.64. The van der Waals surface area contributed by atoms with Crippen LogP contribution in [0.5, 0.6) is 17.2 Å². The van der Waals surface area contributed by atoms with Gasteiger partial charge in [0.2, 0.25) is 0 Å². The molecule has 1 aromatic heterocycles. The van der Waals surface area contributed by atoms with Crippen LogP contribution in [0.1, 0.15) is 31.0 Å². The maximum absolute atomic E-state index is 13.8. The van der Waals surface area contributed by atoms with Gasteiger partial charge in [0.05, 0.1) is 35.6 Å². The number of hydrogen-bond acceptors (Lipinski definition) is 8. The zero-order chi connectivity index (χ0) is 28.8. The SMILES string of the molecule is CCOC(=O)C1=C(C)N=c2s/c(=C/c3ccc(OCCOc4ccccc4)cc3)c(=O)n2[C@H]1c1ccc(OC)cc1. The summed E-state index contributed by atoms with van der Waals surface area (Å²) < 4.78 is 24.2. The van der Waals surface area contributed by atoms with Crippen LogP contribution in [-0.4, -0.2) is 37.5 Å². The highest BCUT2D eigenvalue weighted by molar-refractivity contribution is 7.07. The van der Waals surface area contributed by atoms with E-state index in [9.17, 15) is 9.59 Å². The van der Waals surface area contributed by atoms with Crippen molar-refractivity contribution >= 4 is 23.4 Å². The molecule has 41 heavy (non-hydrogen) atoms. The molecule has 3 aromatic carbocycles. The largest absolute Gasteiger partial charge is 0.497 e. The molecule has 0 unspecified atom stereocenters. The van der Waals surface area contributed by atoms with E-state index in [1.54, 1.807) is 37.7 Å². The molecule has 0 aliphatic carbocycles. The minimum absolute atomic E-state index is 0.217. The number of allylic oxidation sites excluding steroid dienone is 1. The first kappa shape index (κ1) is 27.9. The second kappa shape index (κ2) is 12.7. The van der Waals surface area contributed by atoms with Crippen molar-refractivity contribution in [1.29, 1.82) is 0 Å². The summed E-state index contributed by atoms with van der Waals surface area (Å²) in [6, 6.07) is 23.7. The molecule has 0 N–H and O–H groups in total. The number of ether oxygens (including phenoxy) is 4. The van der Waals surface area contributed by atoms with E-state index in [2.05, 4.69) is 4.99 Å². The predicted octanol–water partition coefficient (Wildman–Crippen LogP) is 4.26. The number of thiazole rings is 1. The molecule has 0 saturated carbocycles. The van der Waals surface area contributed by atoms with Crippen LogP contribution < -0.4 is 29.1 Å². The number of rotatable bonds is 10. The van der Waals surface area contributed by atoms with E-state index in [-0.39, 0.29) is 12.2 Å². The van der Waals surface area contributed by atoms with Gasteiger partial charge in [-0.2, -0.15) is 0 Å². The van der Waals surface area contributed by atoms with Crippen molar-refractivity contribution in [2.24, 2.45) is 4.99 Å². The van der Waals surface area contributed by atoms with Gasteiger partial charge in [0.15, 0.2) is 4.80 Å². The summed E-state index contributed by atoms with van der Waals surface area (Å²) in [5, 5.41) is 0. The molecule has 0 spiro atoms. The fourth-order valence-electron chi connectivity index (χ4n) is 4.54. The fraction of sp³-hybridized carbons (Fsp3) is 0.219. The first-order valence-corrected chi connectivity index (χ1v) is 14.0. The van der Waals surface area contributed by atoms with Gasteiger partial charge in [0.1, 0.15) is 30.5 Å².